The lowest BCUT2D eigenvalue weighted by atomic mass is 10.1. The van der Waals surface area contributed by atoms with Gasteiger partial charge in [0.15, 0.2) is 0 Å². The summed E-state index contributed by atoms with van der Waals surface area (Å²) < 4.78 is 0. The predicted molar refractivity (Wildman–Crippen MR) is 67.1 cm³/mol. The van der Waals surface area contributed by atoms with Crippen molar-refractivity contribution in [1.82, 2.24) is 9.88 Å². The number of carboxylic acid groups (broad SMARTS) is 1. The maximum atomic E-state index is 12.0. The highest BCUT2D eigenvalue weighted by molar-refractivity contribution is 5.98. The fraction of sp³-hybridized carbons (Fsp3) is 0.167. The average Bonchev–Trinajstić information content (AvgIpc) is 2.35. The molecule has 0 saturated heterocycles. The Morgan fingerprint density at radius 3 is 2.74 bits per heavy atom. The second-order valence-electron chi connectivity index (χ2n) is 3.74. The van der Waals surface area contributed by atoms with E-state index in [0.717, 1.165) is 11.0 Å². The number of hydrogen-bond donors (Lipinski definition) is 2. The normalized spacial score (nSPS) is 10.4. The summed E-state index contributed by atoms with van der Waals surface area (Å²) in [4.78, 5) is 38.3. The van der Waals surface area contributed by atoms with Crippen LogP contribution in [-0.4, -0.2) is 46.4 Å². The summed E-state index contributed by atoms with van der Waals surface area (Å²) in [5, 5.41) is 8.57. The molecule has 2 amide bonds. The van der Waals surface area contributed by atoms with Gasteiger partial charge in [0.05, 0.1) is 6.54 Å². The van der Waals surface area contributed by atoms with Gasteiger partial charge in [0.1, 0.15) is 5.69 Å². The lowest BCUT2D eigenvalue weighted by Crippen LogP contribution is -2.36. The smallest absolute Gasteiger partial charge is 0.328 e. The third-order valence-electron chi connectivity index (χ3n) is 2.19. The van der Waals surface area contributed by atoms with E-state index in [-0.39, 0.29) is 12.2 Å². The predicted octanol–water partition coefficient (Wildman–Crippen LogP) is -0.263. The molecule has 3 N–H and O–H groups in total. The topological polar surface area (TPSA) is 114 Å². The summed E-state index contributed by atoms with van der Waals surface area (Å²) in [6, 6.07) is 3.13. The van der Waals surface area contributed by atoms with Gasteiger partial charge in [-0.3, -0.25) is 14.6 Å². The van der Waals surface area contributed by atoms with E-state index in [1.165, 1.54) is 19.3 Å². The van der Waals surface area contributed by atoms with E-state index in [1.807, 2.05) is 0 Å². The molecule has 0 bridgehead atoms. The van der Waals surface area contributed by atoms with Gasteiger partial charge in [0, 0.05) is 24.9 Å². The number of pyridine rings is 1. The second-order valence-corrected chi connectivity index (χ2v) is 3.74. The van der Waals surface area contributed by atoms with Gasteiger partial charge in [-0.2, -0.15) is 0 Å². The van der Waals surface area contributed by atoms with Crippen LogP contribution in [0, 0.1) is 0 Å². The van der Waals surface area contributed by atoms with Gasteiger partial charge in [0.25, 0.3) is 5.91 Å². The minimum absolute atomic E-state index is 0.0590. The molecular weight excluding hydrogens is 250 g/mol. The SMILES string of the molecule is CN(CC(N)=O)C(=O)c1ncccc1/C=C/C(=O)O. The van der Waals surface area contributed by atoms with Crippen molar-refractivity contribution in [2.45, 2.75) is 0 Å². The van der Waals surface area contributed by atoms with Crippen LogP contribution in [0.5, 0.6) is 0 Å². The molecule has 7 nitrogen and oxygen atoms in total. The lowest BCUT2D eigenvalue weighted by Gasteiger charge is -2.15. The zero-order chi connectivity index (χ0) is 14.4. The Labute approximate surface area is 109 Å². The zero-order valence-corrected chi connectivity index (χ0v) is 10.2. The van der Waals surface area contributed by atoms with Crippen molar-refractivity contribution in [3.8, 4) is 0 Å². The number of aliphatic carboxylic acids is 1. The monoisotopic (exact) mass is 263 g/mol. The third-order valence-corrected chi connectivity index (χ3v) is 2.19. The summed E-state index contributed by atoms with van der Waals surface area (Å²) >= 11 is 0. The summed E-state index contributed by atoms with van der Waals surface area (Å²) in [6.45, 7) is -0.239. The van der Waals surface area contributed by atoms with Crippen LogP contribution in [0.1, 0.15) is 16.1 Å². The molecule has 100 valence electrons. The van der Waals surface area contributed by atoms with Gasteiger partial charge in [-0.05, 0) is 12.1 Å². The minimum Gasteiger partial charge on any atom is -0.478 e. The van der Waals surface area contributed by atoms with Gasteiger partial charge in [-0.25, -0.2) is 4.79 Å². The van der Waals surface area contributed by atoms with Crippen molar-refractivity contribution in [2.75, 3.05) is 13.6 Å². The Kier molecular flexibility index (Phi) is 4.76. The van der Waals surface area contributed by atoms with Crippen LogP contribution in [0.3, 0.4) is 0 Å². The van der Waals surface area contributed by atoms with Crippen LogP contribution >= 0.6 is 0 Å². The molecule has 0 atom stereocenters. The number of carboxylic acids is 1. The van der Waals surface area contributed by atoms with Crippen molar-refractivity contribution < 1.29 is 19.5 Å². The van der Waals surface area contributed by atoms with Crippen LogP contribution < -0.4 is 5.73 Å². The molecule has 1 heterocycles. The quantitative estimate of drug-likeness (QED) is 0.710. The number of primary amides is 1. The fourth-order valence-corrected chi connectivity index (χ4v) is 1.38. The molecule has 7 heteroatoms. The first-order valence-electron chi connectivity index (χ1n) is 5.31. The van der Waals surface area contributed by atoms with Gasteiger partial charge in [-0.15, -0.1) is 0 Å². The first kappa shape index (κ1) is 14.4. The molecule has 0 spiro atoms. The summed E-state index contributed by atoms with van der Waals surface area (Å²) in [6.07, 6.45) is 3.58. The molecule has 0 unspecified atom stereocenters. The van der Waals surface area contributed by atoms with Crippen LogP contribution in [0.4, 0.5) is 0 Å². The number of aromatic nitrogens is 1. The van der Waals surface area contributed by atoms with Crippen LogP contribution in [0.25, 0.3) is 6.08 Å². The number of amides is 2. The van der Waals surface area contributed by atoms with Crippen molar-refractivity contribution in [3.05, 3.63) is 35.7 Å². The zero-order valence-electron chi connectivity index (χ0n) is 10.2. The molecular formula is C12H13N3O4. The van der Waals surface area contributed by atoms with Gasteiger partial charge in [-0.1, -0.05) is 6.07 Å². The molecule has 0 aromatic carbocycles. The Morgan fingerprint density at radius 2 is 2.16 bits per heavy atom. The minimum atomic E-state index is -1.13. The van der Waals surface area contributed by atoms with E-state index in [2.05, 4.69) is 4.98 Å². The summed E-state index contributed by atoms with van der Waals surface area (Å²) in [5.41, 5.74) is 5.41. The molecule has 0 aliphatic rings. The average molecular weight is 263 g/mol. The van der Waals surface area contributed by atoms with Gasteiger partial charge < -0.3 is 15.7 Å². The Hall–Kier alpha value is -2.70. The standard InChI is InChI=1S/C12H13N3O4/c1-15(7-9(13)16)12(19)11-8(3-2-6-14-11)4-5-10(17)18/h2-6H,7H2,1H3,(H2,13,16)(H,17,18)/b5-4+. The van der Waals surface area contributed by atoms with E-state index in [9.17, 15) is 14.4 Å². The second kappa shape index (κ2) is 6.29. The van der Waals surface area contributed by atoms with E-state index in [0.29, 0.717) is 5.56 Å². The van der Waals surface area contributed by atoms with Crippen LogP contribution in [0.2, 0.25) is 0 Å². The van der Waals surface area contributed by atoms with Crippen molar-refractivity contribution in [3.63, 3.8) is 0 Å². The lowest BCUT2D eigenvalue weighted by molar-refractivity contribution is -0.131. The molecule has 0 aliphatic heterocycles. The number of nitrogens with zero attached hydrogens (tertiary/aromatic N) is 2. The maximum Gasteiger partial charge on any atom is 0.328 e. The molecule has 0 aliphatic carbocycles. The van der Waals surface area contributed by atoms with E-state index < -0.39 is 17.8 Å². The number of carbonyl (C=O) groups is 3. The van der Waals surface area contributed by atoms with E-state index >= 15 is 0 Å². The number of rotatable bonds is 5. The molecule has 0 saturated carbocycles. The van der Waals surface area contributed by atoms with Gasteiger partial charge in [0.2, 0.25) is 5.91 Å². The molecule has 0 fully saturated rings. The summed E-state index contributed by atoms with van der Waals surface area (Å²) in [5.74, 6) is -2.29. The van der Waals surface area contributed by atoms with Crippen molar-refractivity contribution in [1.29, 1.82) is 0 Å². The fourth-order valence-electron chi connectivity index (χ4n) is 1.38. The Morgan fingerprint density at radius 1 is 1.47 bits per heavy atom. The Balaban J connectivity index is 3.03. The largest absolute Gasteiger partial charge is 0.478 e. The Bertz CT molecular complexity index is 540. The first-order valence-corrected chi connectivity index (χ1v) is 5.31. The third kappa shape index (κ3) is 4.23. The van der Waals surface area contributed by atoms with Crippen molar-refractivity contribution in [2.24, 2.45) is 5.73 Å². The van der Waals surface area contributed by atoms with Crippen LogP contribution in [-0.2, 0) is 9.59 Å². The maximum absolute atomic E-state index is 12.0. The molecule has 1 aromatic rings. The first-order chi connectivity index (χ1) is 8.91. The number of likely N-dealkylation sites (N-methyl/N-ethyl adjacent to an activating group) is 1. The number of carbonyl (C=O) groups excluding carboxylic acids is 2. The highest BCUT2D eigenvalue weighted by Gasteiger charge is 2.17. The highest BCUT2D eigenvalue weighted by Crippen LogP contribution is 2.10. The number of nitrogens with two attached hydrogens (primary N) is 1. The highest BCUT2D eigenvalue weighted by atomic mass is 16.4. The molecule has 0 radical (unpaired) electrons. The number of hydrogen-bond acceptors (Lipinski definition) is 4. The molecule has 1 aromatic heterocycles. The van der Waals surface area contributed by atoms with Crippen LogP contribution in [0.15, 0.2) is 24.4 Å². The van der Waals surface area contributed by atoms with E-state index in [4.69, 9.17) is 10.8 Å². The van der Waals surface area contributed by atoms with E-state index in [1.54, 1.807) is 12.1 Å². The summed E-state index contributed by atoms with van der Waals surface area (Å²) in [7, 11) is 1.41. The molecule has 19 heavy (non-hydrogen) atoms. The van der Waals surface area contributed by atoms with Gasteiger partial charge >= 0.3 is 5.97 Å². The molecule has 1 rings (SSSR count). The van der Waals surface area contributed by atoms with Crippen molar-refractivity contribution >= 4 is 23.9 Å².